The zero-order valence-electron chi connectivity index (χ0n) is 10.2. The van der Waals surface area contributed by atoms with E-state index in [4.69, 9.17) is 9.47 Å². The van der Waals surface area contributed by atoms with E-state index in [9.17, 15) is 4.79 Å². The predicted octanol–water partition coefficient (Wildman–Crippen LogP) is 1.91. The van der Waals surface area contributed by atoms with Crippen molar-refractivity contribution in [2.75, 3.05) is 20.8 Å². The molecule has 92 valence electrons. The normalized spacial score (nSPS) is 19.1. The van der Waals surface area contributed by atoms with Crippen LogP contribution in [0, 0.1) is 0 Å². The van der Waals surface area contributed by atoms with Crippen molar-refractivity contribution in [3.8, 4) is 5.75 Å². The highest BCUT2D eigenvalue weighted by atomic mass is 16.5. The molecule has 0 radical (unpaired) electrons. The molecule has 4 heteroatoms. The molecule has 1 aromatic rings. The van der Waals surface area contributed by atoms with Crippen LogP contribution in [0.4, 0.5) is 0 Å². The minimum absolute atomic E-state index is 0.273. The highest BCUT2D eigenvalue weighted by Crippen LogP contribution is 2.31. The molecule has 1 atom stereocenters. The van der Waals surface area contributed by atoms with Crippen molar-refractivity contribution in [3.63, 3.8) is 0 Å². The number of hydrogen-bond donors (Lipinski definition) is 1. The van der Waals surface area contributed by atoms with Gasteiger partial charge in [-0.3, -0.25) is 0 Å². The van der Waals surface area contributed by atoms with Gasteiger partial charge in [0.1, 0.15) is 5.75 Å². The summed E-state index contributed by atoms with van der Waals surface area (Å²) in [6.07, 6.45) is 2.22. The number of hydrogen-bond acceptors (Lipinski definition) is 4. The van der Waals surface area contributed by atoms with Gasteiger partial charge in [-0.1, -0.05) is 0 Å². The van der Waals surface area contributed by atoms with Crippen LogP contribution in [0.1, 0.15) is 34.8 Å². The van der Waals surface area contributed by atoms with E-state index < -0.39 is 0 Å². The van der Waals surface area contributed by atoms with Gasteiger partial charge in [-0.25, -0.2) is 4.79 Å². The summed E-state index contributed by atoms with van der Waals surface area (Å²) >= 11 is 0. The second-order valence-corrected chi connectivity index (χ2v) is 4.10. The number of rotatable bonds is 3. The van der Waals surface area contributed by atoms with Crippen molar-refractivity contribution in [1.82, 2.24) is 5.32 Å². The lowest BCUT2D eigenvalue weighted by Crippen LogP contribution is -2.15. The zero-order valence-corrected chi connectivity index (χ0v) is 10.2. The van der Waals surface area contributed by atoms with Crippen molar-refractivity contribution in [3.05, 3.63) is 29.3 Å². The number of carbonyl (C=O) groups is 1. The molecule has 0 saturated carbocycles. The third-order valence-corrected chi connectivity index (χ3v) is 3.09. The smallest absolute Gasteiger partial charge is 0.337 e. The molecule has 1 heterocycles. The van der Waals surface area contributed by atoms with Gasteiger partial charge in [0, 0.05) is 11.6 Å². The average molecular weight is 235 g/mol. The fraction of sp³-hybridized carbons (Fsp3) is 0.462. The van der Waals surface area contributed by atoms with Crippen LogP contribution in [0.5, 0.6) is 5.75 Å². The fourth-order valence-corrected chi connectivity index (χ4v) is 2.20. The van der Waals surface area contributed by atoms with Gasteiger partial charge in [0.05, 0.1) is 19.8 Å². The molecule has 0 aliphatic carbocycles. The quantitative estimate of drug-likeness (QED) is 0.813. The van der Waals surface area contributed by atoms with Crippen molar-refractivity contribution >= 4 is 5.97 Å². The molecule has 1 fully saturated rings. The van der Waals surface area contributed by atoms with Crippen LogP contribution in [0.2, 0.25) is 0 Å². The predicted molar refractivity (Wildman–Crippen MR) is 64.3 cm³/mol. The van der Waals surface area contributed by atoms with Crippen LogP contribution >= 0.6 is 0 Å². The molecular formula is C13H17NO3. The summed E-state index contributed by atoms with van der Waals surface area (Å²) in [7, 11) is 3.03. The highest BCUT2D eigenvalue weighted by Gasteiger charge is 2.21. The summed E-state index contributed by atoms with van der Waals surface area (Å²) in [6.45, 7) is 1.01. The van der Waals surface area contributed by atoms with Crippen LogP contribution in [0.3, 0.4) is 0 Å². The van der Waals surface area contributed by atoms with Gasteiger partial charge in [-0.05, 0) is 37.6 Å². The lowest BCUT2D eigenvalue weighted by atomic mass is 10.0. The first-order chi connectivity index (χ1) is 8.26. The summed E-state index contributed by atoms with van der Waals surface area (Å²) in [5, 5.41) is 3.40. The minimum Gasteiger partial charge on any atom is -0.496 e. The fourth-order valence-electron chi connectivity index (χ4n) is 2.20. The summed E-state index contributed by atoms with van der Waals surface area (Å²) in [5.41, 5.74) is 1.60. The summed E-state index contributed by atoms with van der Waals surface area (Å²) < 4.78 is 10.1. The maximum absolute atomic E-state index is 11.5. The van der Waals surface area contributed by atoms with Crippen LogP contribution in [-0.4, -0.2) is 26.7 Å². The van der Waals surface area contributed by atoms with Gasteiger partial charge in [-0.15, -0.1) is 0 Å². The molecule has 2 rings (SSSR count). The highest BCUT2D eigenvalue weighted by molar-refractivity contribution is 5.89. The second-order valence-electron chi connectivity index (χ2n) is 4.10. The molecule has 0 aromatic heterocycles. The van der Waals surface area contributed by atoms with Crippen LogP contribution in [0.15, 0.2) is 18.2 Å². The number of benzene rings is 1. The van der Waals surface area contributed by atoms with E-state index in [1.807, 2.05) is 12.1 Å². The van der Waals surface area contributed by atoms with E-state index in [0.717, 1.165) is 30.7 Å². The average Bonchev–Trinajstić information content (AvgIpc) is 2.90. The van der Waals surface area contributed by atoms with Gasteiger partial charge in [-0.2, -0.15) is 0 Å². The molecule has 1 aliphatic rings. The second kappa shape index (κ2) is 5.19. The monoisotopic (exact) mass is 235 g/mol. The topological polar surface area (TPSA) is 47.6 Å². The Hall–Kier alpha value is -1.55. The van der Waals surface area contributed by atoms with Crippen LogP contribution < -0.4 is 10.1 Å². The zero-order chi connectivity index (χ0) is 12.3. The molecule has 1 saturated heterocycles. The van der Waals surface area contributed by atoms with Crippen molar-refractivity contribution < 1.29 is 14.3 Å². The molecule has 17 heavy (non-hydrogen) atoms. The lowest BCUT2D eigenvalue weighted by molar-refractivity contribution is 0.0600. The van der Waals surface area contributed by atoms with Gasteiger partial charge in [0.25, 0.3) is 0 Å². The minimum atomic E-state index is -0.313. The lowest BCUT2D eigenvalue weighted by Gasteiger charge is -2.15. The first kappa shape index (κ1) is 11.9. The van der Waals surface area contributed by atoms with E-state index in [-0.39, 0.29) is 12.0 Å². The SMILES string of the molecule is COC(=O)c1ccc(OC)c(C2CCCN2)c1. The van der Waals surface area contributed by atoms with Crippen LogP contribution in [0.25, 0.3) is 0 Å². The van der Waals surface area contributed by atoms with Gasteiger partial charge >= 0.3 is 5.97 Å². The number of esters is 1. The molecule has 1 unspecified atom stereocenters. The third kappa shape index (κ3) is 2.42. The Morgan fingerprint density at radius 2 is 2.24 bits per heavy atom. The molecule has 0 spiro atoms. The molecule has 1 aliphatic heterocycles. The number of nitrogens with one attached hydrogen (secondary N) is 1. The third-order valence-electron chi connectivity index (χ3n) is 3.09. The summed E-state index contributed by atoms with van der Waals surface area (Å²) in [5.74, 6) is 0.504. The Bertz CT molecular complexity index is 411. The number of ether oxygens (including phenoxy) is 2. The molecular weight excluding hydrogens is 218 g/mol. The van der Waals surface area contributed by atoms with Gasteiger partial charge < -0.3 is 14.8 Å². The Morgan fingerprint density at radius 1 is 1.41 bits per heavy atom. The maximum atomic E-state index is 11.5. The standard InChI is InChI=1S/C13H17NO3/c1-16-12-6-5-9(13(15)17-2)8-10(12)11-4-3-7-14-11/h5-6,8,11,14H,3-4,7H2,1-2H3. The molecule has 1 N–H and O–H groups in total. The van der Waals surface area contributed by atoms with E-state index in [1.54, 1.807) is 13.2 Å². The Balaban J connectivity index is 2.35. The van der Waals surface area contributed by atoms with E-state index >= 15 is 0 Å². The maximum Gasteiger partial charge on any atom is 0.337 e. The number of carbonyl (C=O) groups excluding carboxylic acids is 1. The van der Waals surface area contributed by atoms with Crippen molar-refractivity contribution in [2.45, 2.75) is 18.9 Å². The molecule has 1 aromatic carbocycles. The van der Waals surface area contributed by atoms with Crippen LogP contribution in [-0.2, 0) is 4.74 Å². The van der Waals surface area contributed by atoms with E-state index in [0.29, 0.717) is 5.56 Å². The number of methoxy groups -OCH3 is 2. The van der Waals surface area contributed by atoms with Crippen molar-refractivity contribution in [1.29, 1.82) is 0 Å². The Morgan fingerprint density at radius 3 is 2.82 bits per heavy atom. The van der Waals surface area contributed by atoms with E-state index in [1.165, 1.54) is 7.11 Å². The van der Waals surface area contributed by atoms with Gasteiger partial charge in [0.15, 0.2) is 0 Å². The Kier molecular flexibility index (Phi) is 3.64. The van der Waals surface area contributed by atoms with Gasteiger partial charge in [0.2, 0.25) is 0 Å². The Labute approximate surface area is 101 Å². The van der Waals surface area contributed by atoms with Crippen molar-refractivity contribution in [2.24, 2.45) is 0 Å². The largest absolute Gasteiger partial charge is 0.496 e. The first-order valence-electron chi connectivity index (χ1n) is 5.76. The molecule has 4 nitrogen and oxygen atoms in total. The summed E-state index contributed by atoms with van der Waals surface area (Å²) in [4.78, 5) is 11.5. The first-order valence-corrected chi connectivity index (χ1v) is 5.76. The molecule has 0 amide bonds. The molecule has 0 bridgehead atoms. The summed E-state index contributed by atoms with van der Waals surface area (Å²) in [6, 6.07) is 5.67. The van der Waals surface area contributed by atoms with E-state index in [2.05, 4.69) is 5.32 Å².